The number of hydrogen-bond acceptors (Lipinski definition) is 3. The highest BCUT2D eigenvalue weighted by atomic mass is 35.5. The van der Waals surface area contributed by atoms with E-state index in [-0.39, 0.29) is 24.3 Å². The molecule has 1 aliphatic rings. The van der Waals surface area contributed by atoms with Gasteiger partial charge in [-0.1, -0.05) is 0 Å². The summed E-state index contributed by atoms with van der Waals surface area (Å²) in [6.07, 6.45) is 0.929. The number of nitrogens with one attached hydrogen (secondary N) is 1. The zero-order chi connectivity index (χ0) is 7.40. The van der Waals surface area contributed by atoms with Crippen LogP contribution < -0.4 is 5.32 Å². The Balaban J connectivity index is 0.000001000. The van der Waals surface area contributed by atoms with Gasteiger partial charge in [0.15, 0.2) is 0 Å². The van der Waals surface area contributed by atoms with Crippen molar-refractivity contribution in [1.82, 2.24) is 5.32 Å². The zero-order valence-corrected chi connectivity index (χ0v) is 7.45. The van der Waals surface area contributed by atoms with Crippen molar-refractivity contribution in [3.05, 3.63) is 0 Å². The maximum absolute atomic E-state index is 11.0. The van der Waals surface area contributed by atoms with Crippen LogP contribution in [-0.2, 0) is 9.53 Å². The number of hydrogen-bond donors (Lipinski definition) is 1. The van der Waals surface area contributed by atoms with Crippen LogP contribution in [0.1, 0.15) is 13.3 Å². The van der Waals surface area contributed by atoms with Gasteiger partial charge >= 0.3 is 5.97 Å². The fourth-order valence-electron chi connectivity index (χ4n) is 1.12. The predicted octanol–water partition coefficient (Wildman–Crippen LogP) is 0.581. The third kappa shape index (κ3) is 3.08. The molecule has 0 unspecified atom stereocenters. The minimum absolute atomic E-state index is 0. The smallest absolute Gasteiger partial charge is 0.310 e. The summed E-state index contributed by atoms with van der Waals surface area (Å²) in [5.41, 5.74) is 0. The van der Waals surface area contributed by atoms with E-state index in [2.05, 4.69) is 5.32 Å². The van der Waals surface area contributed by atoms with Crippen LogP contribution in [0.5, 0.6) is 0 Å². The van der Waals surface area contributed by atoms with Crippen molar-refractivity contribution in [3.63, 3.8) is 0 Å². The molecule has 4 heteroatoms. The predicted molar refractivity (Wildman–Crippen MR) is 44.9 cm³/mol. The van der Waals surface area contributed by atoms with Gasteiger partial charge in [0, 0.05) is 6.54 Å². The van der Waals surface area contributed by atoms with Crippen molar-refractivity contribution in [2.24, 2.45) is 5.92 Å². The number of rotatable bonds is 2. The maximum atomic E-state index is 11.0. The van der Waals surface area contributed by atoms with Crippen LogP contribution in [-0.4, -0.2) is 25.7 Å². The summed E-state index contributed by atoms with van der Waals surface area (Å²) in [7, 11) is 0. The van der Waals surface area contributed by atoms with Crippen molar-refractivity contribution >= 4 is 18.4 Å². The molecule has 1 atom stereocenters. The number of ether oxygens (including phenoxy) is 1. The van der Waals surface area contributed by atoms with Crippen LogP contribution >= 0.6 is 12.4 Å². The lowest BCUT2D eigenvalue weighted by atomic mass is 10.1. The summed E-state index contributed by atoms with van der Waals surface area (Å²) in [6.45, 7) is 4.07. The number of esters is 1. The number of halogens is 1. The van der Waals surface area contributed by atoms with Crippen molar-refractivity contribution in [2.75, 3.05) is 19.7 Å². The molecule has 1 saturated heterocycles. The molecular weight excluding hydrogens is 166 g/mol. The van der Waals surface area contributed by atoms with E-state index in [1.165, 1.54) is 0 Å². The summed E-state index contributed by atoms with van der Waals surface area (Å²) in [4.78, 5) is 11.0. The minimum atomic E-state index is -0.0486. The molecule has 0 radical (unpaired) electrons. The Kier molecular flexibility index (Phi) is 5.24. The summed E-state index contributed by atoms with van der Waals surface area (Å²) in [5, 5.41) is 3.11. The molecule has 66 valence electrons. The lowest BCUT2D eigenvalue weighted by Gasteiger charge is -2.05. The lowest BCUT2D eigenvalue weighted by molar-refractivity contribution is -0.147. The number of carbonyl (C=O) groups excluding carboxylic acids is 1. The average Bonchev–Trinajstić information content (AvgIpc) is 2.38. The first-order valence-corrected chi connectivity index (χ1v) is 3.72. The van der Waals surface area contributed by atoms with Crippen LogP contribution in [0.4, 0.5) is 0 Å². The third-order valence-electron chi connectivity index (χ3n) is 1.68. The summed E-state index contributed by atoms with van der Waals surface area (Å²) < 4.78 is 4.85. The Labute approximate surface area is 72.9 Å². The third-order valence-corrected chi connectivity index (χ3v) is 1.68. The van der Waals surface area contributed by atoms with Gasteiger partial charge in [-0.2, -0.15) is 0 Å². The molecule has 1 rings (SSSR count). The molecule has 1 heterocycles. The summed E-state index contributed by atoms with van der Waals surface area (Å²) in [6, 6.07) is 0. The van der Waals surface area contributed by atoms with Crippen LogP contribution in [0.3, 0.4) is 0 Å². The molecule has 0 aliphatic carbocycles. The van der Waals surface area contributed by atoms with E-state index in [9.17, 15) is 4.79 Å². The van der Waals surface area contributed by atoms with Crippen molar-refractivity contribution < 1.29 is 9.53 Å². The maximum Gasteiger partial charge on any atom is 0.310 e. The molecule has 0 saturated carbocycles. The van der Waals surface area contributed by atoms with Gasteiger partial charge in [-0.05, 0) is 19.9 Å². The molecule has 1 N–H and O–H groups in total. The zero-order valence-electron chi connectivity index (χ0n) is 6.63. The van der Waals surface area contributed by atoms with Gasteiger partial charge in [0.05, 0.1) is 12.5 Å². The molecular formula is C7H14ClNO2. The Morgan fingerprint density at radius 1 is 1.73 bits per heavy atom. The van der Waals surface area contributed by atoms with Crippen LogP contribution in [0.2, 0.25) is 0 Å². The standard InChI is InChI=1S/C7H13NO2.ClH/c1-2-10-7(9)6-3-4-8-5-6;/h6,8H,2-5H2,1H3;1H/t6-;/m1./s1. The SMILES string of the molecule is CCOC(=O)[C@@H]1CCNC1.Cl. The Hall–Kier alpha value is -0.280. The van der Waals surface area contributed by atoms with Gasteiger partial charge in [0.1, 0.15) is 0 Å². The van der Waals surface area contributed by atoms with E-state index >= 15 is 0 Å². The first kappa shape index (κ1) is 10.7. The first-order chi connectivity index (χ1) is 4.84. The van der Waals surface area contributed by atoms with Crippen LogP contribution in [0, 0.1) is 5.92 Å². The largest absolute Gasteiger partial charge is 0.466 e. The van der Waals surface area contributed by atoms with Gasteiger partial charge in [-0.3, -0.25) is 4.79 Å². The van der Waals surface area contributed by atoms with Gasteiger partial charge in [0.2, 0.25) is 0 Å². The lowest BCUT2D eigenvalue weighted by Crippen LogP contribution is -2.19. The van der Waals surface area contributed by atoms with Crippen molar-refractivity contribution in [3.8, 4) is 0 Å². The Morgan fingerprint density at radius 3 is 2.91 bits per heavy atom. The summed E-state index contributed by atoms with van der Waals surface area (Å²) >= 11 is 0. The second-order valence-corrected chi connectivity index (χ2v) is 2.44. The molecule has 0 aromatic rings. The number of carbonyl (C=O) groups is 1. The molecule has 0 amide bonds. The van der Waals surface area contributed by atoms with Crippen molar-refractivity contribution in [2.45, 2.75) is 13.3 Å². The molecule has 0 aromatic heterocycles. The molecule has 0 bridgehead atoms. The first-order valence-electron chi connectivity index (χ1n) is 3.72. The molecule has 1 fully saturated rings. The Morgan fingerprint density at radius 2 is 2.45 bits per heavy atom. The van der Waals surface area contributed by atoms with E-state index in [0.29, 0.717) is 6.61 Å². The highest BCUT2D eigenvalue weighted by Gasteiger charge is 2.22. The van der Waals surface area contributed by atoms with Crippen LogP contribution in [0.15, 0.2) is 0 Å². The fraction of sp³-hybridized carbons (Fsp3) is 0.857. The highest BCUT2D eigenvalue weighted by Crippen LogP contribution is 2.08. The second-order valence-electron chi connectivity index (χ2n) is 2.44. The van der Waals surface area contributed by atoms with E-state index in [1.807, 2.05) is 6.92 Å². The Bertz CT molecular complexity index is 124. The van der Waals surface area contributed by atoms with Gasteiger partial charge in [0.25, 0.3) is 0 Å². The average molecular weight is 180 g/mol. The van der Waals surface area contributed by atoms with E-state index < -0.39 is 0 Å². The molecule has 11 heavy (non-hydrogen) atoms. The molecule has 3 nitrogen and oxygen atoms in total. The van der Waals surface area contributed by atoms with Gasteiger partial charge in [-0.25, -0.2) is 0 Å². The monoisotopic (exact) mass is 179 g/mol. The topological polar surface area (TPSA) is 38.3 Å². The normalized spacial score (nSPS) is 22.5. The van der Waals surface area contributed by atoms with Crippen molar-refractivity contribution in [1.29, 1.82) is 0 Å². The van der Waals surface area contributed by atoms with E-state index in [1.54, 1.807) is 0 Å². The minimum Gasteiger partial charge on any atom is -0.466 e. The van der Waals surface area contributed by atoms with Crippen LogP contribution in [0.25, 0.3) is 0 Å². The molecule has 0 aromatic carbocycles. The quantitative estimate of drug-likeness (QED) is 0.631. The molecule has 0 spiro atoms. The summed E-state index contributed by atoms with van der Waals surface area (Å²) in [5.74, 6) is 0.0625. The highest BCUT2D eigenvalue weighted by molar-refractivity contribution is 5.85. The van der Waals surface area contributed by atoms with Gasteiger partial charge in [-0.15, -0.1) is 12.4 Å². The van der Waals surface area contributed by atoms with E-state index in [4.69, 9.17) is 4.74 Å². The fourth-order valence-corrected chi connectivity index (χ4v) is 1.12. The molecule has 1 aliphatic heterocycles. The van der Waals surface area contributed by atoms with Gasteiger partial charge < -0.3 is 10.1 Å². The van der Waals surface area contributed by atoms with E-state index in [0.717, 1.165) is 19.5 Å². The second kappa shape index (κ2) is 5.38.